The van der Waals surface area contributed by atoms with Crippen molar-refractivity contribution in [2.24, 2.45) is 0 Å². The summed E-state index contributed by atoms with van der Waals surface area (Å²) in [7, 11) is -0.643. The highest BCUT2D eigenvalue weighted by Gasteiger charge is 2.29. The Kier molecular flexibility index (Phi) is 6.53. The lowest BCUT2D eigenvalue weighted by molar-refractivity contribution is -0.936. The quantitative estimate of drug-likeness (QED) is 0.721. The molecule has 1 aromatic carbocycles. The first-order chi connectivity index (χ1) is 13.4. The smallest absolute Gasteiger partial charge is 0.251 e. The zero-order valence-corrected chi connectivity index (χ0v) is 17.2. The van der Waals surface area contributed by atoms with Gasteiger partial charge >= 0.3 is 0 Å². The van der Waals surface area contributed by atoms with Crippen molar-refractivity contribution in [2.45, 2.75) is 30.2 Å². The first-order valence-corrected chi connectivity index (χ1v) is 11.0. The standard InChI is InChI=1S/C20H27N3O4S/c1-22(2)28(25,26)17-9-6-8-16(14-17)20(24)21-15-18(19-10-7-13-27-19)23-11-4-3-5-12-23/h6-10,13-14,18H,3-5,11-12,15H2,1-2H3,(H,21,24)/p+1/t18-/m0/s1. The second-order valence-electron chi connectivity index (χ2n) is 7.31. The Labute approximate surface area is 166 Å². The lowest BCUT2D eigenvalue weighted by Crippen LogP contribution is -3.13. The van der Waals surface area contributed by atoms with Crippen molar-refractivity contribution in [1.82, 2.24) is 9.62 Å². The molecule has 0 bridgehead atoms. The minimum atomic E-state index is -3.58. The summed E-state index contributed by atoms with van der Waals surface area (Å²) in [5, 5.41) is 2.96. The van der Waals surface area contributed by atoms with Gasteiger partial charge in [0.15, 0.2) is 11.8 Å². The van der Waals surface area contributed by atoms with Crippen molar-refractivity contribution in [2.75, 3.05) is 33.7 Å². The number of carbonyl (C=O) groups excluding carboxylic acids is 1. The summed E-state index contributed by atoms with van der Waals surface area (Å²) in [6.45, 7) is 2.54. The molecule has 1 aromatic heterocycles. The molecule has 3 rings (SSSR count). The summed E-state index contributed by atoms with van der Waals surface area (Å²) in [5.41, 5.74) is 0.328. The number of rotatable bonds is 7. The second kappa shape index (κ2) is 8.89. The van der Waals surface area contributed by atoms with E-state index in [1.54, 1.807) is 18.4 Å². The summed E-state index contributed by atoms with van der Waals surface area (Å²) < 4.78 is 31.4. The number of amides is 1. The van der Waals surface area contributed by atoms with E-state index < -0.39 is 10.0 Å². The lowest BCUT2D eigenvalue weighted by atomic mass is 10.1. The molecule has 0 saturated carbocycles. The summed E-state index contributed by atoms with van der Waals surface area (Å²) in [6, 6.07) is 9.99. The molecule has 8 heteroatoms. The van der Waals surface area contributed by atoms with Gasteiger partial charge in [-0.05, 0) is 49.6 Å². The fourth-order valence-corrected chi connectivity index (χ4v) is 4.54. The SMILES string of the molecule is CN(C)S(=O)(=O)c1cccc(C(=O)NC[C@@H](c2ccco2)[NH+]2CCCCC2)c1. The molecule has 0 spiro atoms. The van der Waals surface area contributed by atoms with Gasteiger partial charge in [0.25, 0.3) is 5.91 Å². The molecule has 28 heavy (non-hydrogen) atoms. The molecule has 7 nitrogen and oxygen atoms in total. The molecule has 0 radical (unpaired) electrons. The van der Waals surface area contributed by atoms with Crippen molar-refractivity contribution in [3.63, 3.8) is 0 Å². The molecule has 1 aliphatic heterocycles. The van der Waals surface area contributed by atoms with Crippen LogP contribution in [-0.2, 0) is 10.0 Å². The Hall–Kier alpha value is -2.16. The number of furan rings is 1. The molecule has 1 fully saturated rings. The number of sulfonamides is 1. The Morgan fingerprint density at radius 3 is 2.57 bits per heavy atom. The Morgan fingerprint density at radius 2 is 1.93 bits per heavy atom. The molecular weight excluding hydrogens is 378 g/mol. The Morgan fingerprint density at radius 1 is 1.18 bits per heavy atom. The molecule has 2 aromatic rings. The maximum absolute atomic E-state index is 12.7. The maximum atomic E-state index is 12.7. The topological polar surface area (TPSA) is 84.1 Å². The van der Waals surface area contributed by atoms with Gasteiger partial charge in [-0.2, -0.15) is 0 Å². The minimum absolute atomic E-state index is 0.0490. The van der Waals surface area contributed by atoms with Crippen LogP contribution in [0.1, 0.15) is 41.4 Å². The number of carbonyl (C=O) groups is 1. The molecule has 0 unspecified atom stereocenters. The molecule has 1 saturated heterocycles. The maximum Gasteiger partial charge on any atom is 0.251 e. The van der Waals surface area contributed by atoms with E-state index in [2.05, 4.69) is 5.32 Å². The van der Waals surface area contributed by atoms with Crippen LogP contribution in [0, 0.1) is 0 Å². The van der Waals surface area contributed by atoms with E-state index in [-0.39, 0.29) is 16.8 Å². The van der Waals surface area contributed by atoms with E-state index in [1.165, 1.54) is 50.4 Å². The van der Waals surface area contributed by atoms with Crippen LogP contribution < -0.4 is 10.2 Å². The third-order valence-corrected chi connectivity index (χ3v) is 7.03. The van der Waals surface area contributed by atoms with E-state index in [0.29, 0.717) is 12.1 Å². The number of hydrogen-bond donors (Lipinski definition) is 2. The van der Waals surface area contributed by atoms with Gasteiger partial charge in [-0.3, -0.25) is 4.79 Å². The minimum Gasteiger partial charge on any atom is -0.463 e. The average molecular weight is 407 g/mol. The Bertz CT molecular complexity index is 888. The first-order valence-electron chi connectivity index (χ1n) is 9.58. The summed E-state index contributed by atoms with van der Waals surface area (Å²) in [5.74, 6) is 0.574. The third kappa shape index (κ3) is 4.63. The predicted octanol–water partition coefficient (Wildman–Crippen LogP) is 1.07. The van der Waals surface area contributed by atoms with E-state index >= 15 is 0 Å². The van der Waals surface area contributed by atoms with Gasteiger partial charge in [-0.1, -0.05) is 6.07 Å². The highest BCUT2D eigenvalue weighted by molar-refractivity contribution is 7.89. The largest absolute Gasteiger partial charge is 0.463 e. The summed E-state index contributed by atoms with van der Waals surface area (Å²) in [4.78, 5) is 14.2. The number of hydrogen-bond acceptors (Lipinski definition) is 4. The number of nitrogens with zero attached hydrogens (tertiary/aromatic N) is 1. The zero-order chi connectivity index (χ0) is 20.1. The van der Waals surface area contributed by atoms with Gasteiger partial charge in [0.2, 0.25) is 10.0 Å². The van der Waals surface area contributed by atoms with E-state index in [9.17, 15) is 13.2 Å². The number of likely N-dealkylation sites (tertiary alicyclic amines) is 1. The number of piperidine rings is 1. The average Bonchev–Trinajstić information content (AvgIpc) is 3.23. The van der Waals surface area contributed by atoms with Crippen LogP contribution in [0.5, 0.6) is 0 Å². The molecule has 1 aliphatic rings. The first kappa shape index (κ1) is 20.6. The second-order valence-corrected chi connectivity index (χ2v) is 9.46. The van der Waals surface area contributed by atoms with Gasteiger partial charge in [0.1, 0.15) is 0 Å². The van der Waals surface area contributed by atoms with Crippen LogP contribution >= 0.6 is 0 Å². The van der Waals surface area contributed by atoms with Crippen molar-refractivity contribution >= 4 is 15.9 Å². The van der Waals surface area contributed by atoms with Crippen LogP contribution in [0.15, 0.2) is 52.0 Å². The van der Waals surface area contributed by atoms with Crippen LogP contribution in [0.3, 0.4) is 0 Å². The monoisotopic (exact) mass is 406 g/mol. The van der Waals surface area contributed by atoms with Crippen molar-refractivity contribution in [3.05, 3.63) is 54.0 Å². The van der Waals surface area contributed by atoms with Gasteiger partial charge in [0, 0.05) is 19.7 Å². The number of benzene rings is 1. The van der Waals surface area contributed by atoms with E-state index in [1.807, 2.05) is 12.1 Å². The normalized spacial score (nSPS) is 16.8. The Balaban J connectivity index is 1.73. The van der Waals surface area contributed by atoms with E-state index in [0.717, 1.165) is 23.2 Å². The van der Waals surface area contributed by atoms with Crippen molar-refractivity contribution in [3.8, 4) is 0 Å². The van der Waals surface area contributed by atoms with Gasteiger partial charge in [-0.15, -0.1) is 0 Å². The van der Waals surface area contributed by atoms with Crippen LogP contribution in [0.2, 0.25) is 0 Å². The fraction of sp³-hybridized carbons (Fsp3) is 0.450. The molecule has 1 amide bonds. The van der Waals surface area contributed by atoms with Crippen LogP contribution in [0.25, 0.3) is 0 Å². The molecular formula is C20H28N3O4S+. The van der Waals surface area contributed by atoms with Gasteiger partial charge in [-0.25, -0.2) is 12.7 Å². The molecule has 152 valence electrons. The van der Waals surface area contributed by atoms with Gasteiger partial charge < -0.3 is 14.6 Å². The predicted molar refractivity (Wildman–Crippen MR) is 106 cm³/mol. The molecule has 2 heterocycles. The molecule has 2 N–H and O–H groups in total. The summed E-state index contributed by atoms with van der Waals surface area (Å²) >= 11 is 0. The van der Waals surface area contributed by atoms with Crippen molar-refractivity contribution in [1.29, 1.82) is 0 Å². The van der Waals surface area contributed by atoms with Crippen LogP contribution in [0.4, 0.5) is 0 Å². The number of nitrogens with one attached hydrogen (secondary N) is 2. The van der Waals surface area contributed by atoms with Crippen molar-refractivity contribution < 1.29 is 22.5 Å². The fourth-order valence-electron chi connectivity index (χ4n) is 3.60. The van der Waals surface area contributed by atoms with Crippen LogP contribution in [-0.4, -0.2) is 52.4 Å². The highest BCUT2D eigenvalue weighted by Crippen LogP contribution is 2.16. The third-order valence-electron chi connectivity index (χ3n) is 5.22. The van der Waals surface area contributed by atoms with E-state index in [4.69, 9.17) is 4.42 Å². The molecule has 1 atom stereocenters. The zero-order valence-electron chi connectivity index (χ0n) is 16.3. The number of quaternary nitrogens is 1. The lowest BCUT2D eigenvalue weighted by Gasteiger charge is -2.30. The highest BCUT2D eigenvalue weighted by atomic mass is 32.2. The molecule has 0 aliphatic carbocycles. The van der Waals surface area contributed by atoms with Gasteiger partial charge in [0.05, 0.1) is 30.8 Å². The summed E-state index contributed by atoms with van der Waals surface area (Å²) in [6.07, 6.45) is 5.24.